The van der Waals surface area contributed by atoms with Crippen molar-refractivity contribution in [1.29, 1.82) is 0 Å². The quantitative estimate of drug-likeness (QED) is 0.512. The van der Waals surface area contributed by atoms with E-state index in [0.717, 1.165) is 14.2 Å². The maximum Gasteiger partial charge on any atom is 0.507 e. The molecule has 0 amide bonds. The summed E-state index contributed by atoms with van der Waals surface area (Å²) in [6.07, 6.45) is -2.64. The van der Waals surface area contributed by atoms with Gasteiger partial charge in [0.2, 0.25) is 10.0 Å². The number of hydrogen-bond acceptors (Lipinski definition) is 6. The second-order valence-corrected chi connectivity index (χ2v) is 11.8. The number of sulfonamides is 1. The fourth-order valence-electron chi connectivity index (χ4n) is 3.50. The van der Waals surface area contributed by atoms with Crippen molar-refractivity contribution >= 4 is 65.8 Å². The summed E-state index contributed by atoms with van der Waals surface area (Å²) in [4.78, 5) is 11.3. The number of thioether (sulfide) groups is 1. The lowest BCUT2D eigenvalue weighted by atomic mass is 10.1. The van der Waals surface area contributed by atoms with Crippen molar-refractivity contribution in [1.82, 2.24) is 4.31 Å². The summed E-state index contributed by atoms with van der Waals surface area (Å²) in [5.41, 5.74) is 1.22. The second kappa shape index (κ2) is 7.19. The number of benzene rings is 2. The van der Waals surface area contributed by atoms with Gasteiger partial charge in [0.05, 0.1) is 9.64 Å². The van der Waals surface area contributed by atoms with Gasteiger partial charge in [0.15, 0.2) is 6.23 Å². The van der Waals surface area contributed by atoms with Crippen molar-refractivity contribution in [3.8, 4) is 0 Å². The molecule has 1 fully saturated rings. The smallest absolute Gasteiger partial charge is 0.456 e. The summed E-state index contributed by atoms with van der Waals surface area (Å²) in [5.74, 6) is 0.538. The summed E-state index contributed by atoms with van der Waals surface area (Å²) >= 11 is 4.88. The zero-order chi connectivity index (χ0) is 21.0. The number of furan rings is 1. The van der Waals surface area contributed by atoms with Gasteiger partial charge in [-0.3, -0.25) is 0 Å². The van der Waals surface area contributed by atoms with E-state index in [4.69, 9.17) is 14.3 Å². The third-order valence-corrected chi connectivity index (χ3v) is 8.53. The van der Waals surface area contributed by atoms with E-state index in [1.165, 1.54) is 17.8 Å². The summed E-state index contributed by atoms with van der Waals surface area (Å²) < 4.78 is 38.9. The molecule has 1 aliphatic heterocycles. The topological polar surface area (TPSA) is 97.0 Å². The van der Waals surface area contributed by atoms with Gasteiger partial charge in [0.1, 0.15) is 11.2 Å². The zero-order valence-electron chi connectivity index (χ0n) is 15.6. The molecule has 2 aromatic carbocycles. The molecule has 154 valence electrons. The third kappa shape index (κ3) is 3.63. The molecule has 7 nitrogen and oxygen atoms in total. The molecule has 0 aliphatic carbocycles. The summed E-state index contributed by atoms with van der Waals surface area (Å²) in [6.45, 7) is 3.71. The lowest BCUT2D eigenvalue weighted by Gasteiger charge is -2.43. The van der Waals surface area contributed by atoms with Crippen molar-refractivity contribution < 1.29 is 27.5 Å². The molecule has 0 unspecified atom stereocenters. The first-order valence-corrected chi connectivity index (χ1v) is 12.0. The van der Waals surface area contributed by atoms with Gasteiger partial charge in [-0.15, -0.1) is 11.8 Å². The Bertz CT molecular complexity index is 1220. The summed E-state index contributed by atoms with van der Waals surface area (Å²) in [5, 5.41) is 10.6. The van der Waals surface area contributed by atoms with E-state index in [1.807, 2.05) is 18.2 Å². The van der Waals surface area contributed by atoms with Crippen LogP contribution in [0.3, 0.4) is 0 Å². The molecule has 29 heavy (non-hydrogen) atoms. The number of carboxylic acid groups (broad SMARTS) is 1. The Morgan fingerprint density at radius 2 is 2.00 bits per heavy atom. The average molecular weight is 500 g/mol. The maximum absolute atomic E-state index is 13.4. The largest absolute Gasteiger partial charge is 0.507 e. The van der Waals surface area contributed by atoms with Crippen LogP contribution in [-0.4, -0.2) is 47.3 Å². The van der Waals surface area contributed by atoms with E-state index in [2.05, 4.69) is 15.9 Å². The maximum atomic E-state index is 13.4. The normalized spacial score (nSPS) is 20.2. The van der Waals surface area contributed by atoms with E-state index in [1.54, 1.807) is 26.0 Å². The van der Waals surface area contributed by atoms with Crippen LogP contribution in [0.15, 0.2) is 50.2 Å². The van der Waals surface area contributed by atoms with Crippen LogP contribution in [0, 0.1) is 0 Å². The fraction of sp³-hybridized carbons (Fsp3) is 0.316. The lowest BCUT2D eigenvalue weighted by Crippen LogP contribution is -2.56. The van der Waals surface area contributed by atoms with Crippen LogP contribution in [0.5, 0.6) is 0 Å². The van der Waals surface area contributed by atoms with E-state index in [0.29, 0.717) is 22.3 Å². The van der Waals surface area contributed by atoms with Gasteiger partial charge >= 0.3 is 6.16 Å². The van der Waals surface area contributed by atoms with E-state index < -0.39 is 27.2 Å². The standard InChI is InChI=1S/C19H18BrNO6S2/c1-19(2)17(27-18(22)23)21(7-8-28-19)29(24,25)12-4-6-15-14(10-12)13-5-3-11(20)9-16(13)26-15/h3-6,9-10,17H,7-8H2,1-2H3,(H,22,23)/t17-/m0/s1. The molecule has 0 bridgehead atoms. The first kappa shape index (κ1) is 20.5. The van der Waals surface area contributed by atoms with Gasteiger partial charge in [-0.2, -0.15) is 4.31 Å². The monoisotopic (exact) mass is 499 g/mol. The SMILES string of the molecule is CC1(C)SCCN(S(=O)(=O)c2ccc3oc4cc(Br)ccc4c3c2)[C@H]1OC(=O)O. The van der Waals surface area contributed by atoms with Crippen LogP contribution in [0.2, 0.25) is 0 Å². The highest BCUT2D eigenvalue weighted by Gasteiger charge is 2.47. The highest BCUT2D eigenvalue weighted by Crippen LogP contribution is 2.40. The highest BCUT2D eigenvalue weighted by molar-refractivity contribution is 9.10. The Morgan fingerprint density at radius 3 is 2.72 bits per heavy atom. The molecule has 1 saturated heterocycles. The van der Waals surface area contributed by atoms with Crippen LogP contribution >= 0.6 is 27.7 Å². The van der Waals surface area contributed by atoms with Crippen molar-refractivity contribution in [2.24, 2.45) is 0 Å². The summed E-state index contributed by atoms with van der Waals surface area (Å²) in [6, 6.07) is 10.2. The minimum Gasteiger partial charge on any atom is -0.456 e. The van der Waals surface area contributed by atoms with Gasteiger partial charge in [0.25, 0.3) is 0 Å². The predicted octanol–water partition coefficient (Wildman–Crippen LogP) is 4.89. The molecular weight excluding hydrogens is 482 g/mol. The van der Waals surface area contributed by atoms with Gasteiger partial charge in [-0.05, 0) is 50.2 Å². The Hall–Kier alpha value is -1.75. The minimum atomic E-state index is -3.99. The molecule has 2 heterocycles. The third-order valence-electron chi connectivity index (χ3n) is 4.87. The second-order valence-electron chi connectivity index (χ2n) is 7.20. The van der Waals surface area contributed by atoms with E-state index in [9.17, 15) is 13.2 Å². The highest BCUT2D eigenvalue weighted by atomic mass is 79.9. The number of hydrogen-bond donors (Lipinski definition) is 1. The molecule has 0 radical (unpaired) electrons. The van der Waals surface area contributed by atoms with Gasteiger partial charge in [-0.1, -0.05) is 15.9 Å². The Kier molecular flexibility index (Phi) is 5.09. The molecular formula is C19H18BrNO6S2. The van der Waals surface area contributed by atoms with Crippen molar-refractivity contribution in [3.63, 3.8) is 0 Å². The van der Waals surface area contributed by atoms with Gasteiger partial charge in [-0.25, -0.2) is 13.2 Å². The molecule has 3 aromatic rings. The molecule has 1 aliphatic rings. The molecule has 1 atom stereocenters. The van der Waals surface area contributed by atoms with Crippen LogP contribution < -0.4 is 0 Å². The van der Waals surface area contributed by atoms with Crippen LogP contribution in [0.4, 0.5) is 4.79 Å². The van der Waals surface area contributed by atoms with Crippen molar-refractivity contribution in [2.45, 2.75) is 29.7 Å². The van der Waals surface area contributed by atoms with Crippen LogP contribution in [0.25, 0.3) is 21.9 Å². The molecule has 4 rings (SSSR count). The Morgan fingerprint density at radius 1 is 1.24 bits per heavy atom. The fourth-order valence-corrected chi connectivity index (χ4v) is 6.82. The van der Waals surface area contributed by atoms with Crippen LogP contribution in [-0.2, 0) is 14.8 Å². The molecule has 0 spiro atoms. The number of ether oxygens (including phenoxy) is 1. The van der Waals surface area contributed by atoms with E-state index in [-0.39, 0.29) is 11.4 Å². The predicted molar refractivity (Wildman–Crippen MR) is 115 cm³/mol. The first-order valence-electron chi connectivity index (χ1n) is 8.77. The minimum absolute atomic E-state index is 0.0670. The number of fused-ring (bicyclic) bond motifs is 3. The zero-order valence-corrected chi connectivity index (χ0v) is 18.8. The van der Waals surface area contributed by atoms with E-state index >= 15 is 0 Å². The number of carbonyl (C=O) groups is 1. The molecule has 1 aromatic heterocycles. The Labute approximate surface area is 180 Å². The molecule has 10 heteroatoms. The number of rotatable bonds is 3. The average Bonchev–Trinajstić information content (AvgIpc) is 2.99. The number of nitrogens with zero attached hydrogens (tertiary/aromatic N) is 1. The lowest BCUT2D eigenvalue weighted by molar-refractivity contribution is -0.0166. The van der Waals surface area contributed by atoms with Gasteiger partial charge < -0.3 is 14.3 Å². The number of halogens is 1. The van der Waals surface area contributed by atoms with Crippen molar-refractivity contribution in [2.75, 3.05) is 12.3 Å². The summed E-state index contributed by atoms with van der Waals surface area (Å²) in [7, 11) is -3.99. The first-order chi connectivity index (χ1) is 13.6. The Balaban J connectivity index is 1.82. The molecule has 1 N–H and O–H groups in total. The van der Waals surface area contributed by atoms with Crippen LogP contribution in [0.1, 0.15) is 13.8 Å². The molecule has 0 saturated carbocycles. The van der Waals surface area contributed by atoms with Gasteiger partial charge in [0, 0.05) is 27.5 Å². The van der Waals surface area contributed by atoms with Crippen molar-refractivity contribution in [3.05, 3.63) is 40.9 Å².